The summed E-state index contributed by atoms with van der Waals surface area (Å²) < 4.78 is 33.5. The van der Waals surface area contributed by atoms with Gasteiger partial charge >= 0.3 is 0 Å². The number of hydrogen-bond acceptors (Lipinski definition) is 5. The molecule has 2 fully saturated rings. The van der Waals surface area contributed by atoms with Crippen LogP contribution in [0.4, 0.5) is 0 Å². The first-order chi connectivity index (χ1) is 15.0. The van der Waals surface area contributed by atoms with E-state index in [-0.39, 0.29) is 22.6 Å². The number of ether oxygens (including phenoxy) is 1. The minimum Gasteiger partial charge on any atom is -0.495 e. The zero-order chi connectivity index (χ0) is 22.3. The molecule has 8 heteroatoms. The number of unbranched alkanes of at least 4 members (excludes halogenated alkanes) is 1. The van der Waals surface area contributed by atoms with Crippen LogP contribution in [0.3, 0.4) is 0 Å². The van der Waals surface area contributed by atoms with Gasteiger partial charge in [-0.05, 0) is 56.8 Å². The van der Waals surface area contributed by atoms with Crippen LogP contribution in [-0.2, 0) is 10.0 Å². The number of nitrogens with zero attached hydrogens (tertiary/aromatic N) is 2. The fraction of sp³-hybridized carbons (Fsp3) is 0.696. The average Bonchev–Trinajstić information content (AvgIpc) is 3.08. The normalized spacial score (nSPS) is 19.7. The van der Waals surface area contributed by atoms with Crippen LogP contribution in [0.1, 0.15) is 68.6 Å². The number of likely N-dealkylation sites (tertiary alicyclic amines) is 1. The maximum absolute atomic E-state index is 13.3. The Bertz CT molecular complexity index is 827. The standard InChI is InChI=1S/C23H37N3O4S/c1-3-4-13-25-16-11-20(12-17-25)24-23(27)19-9-10-21(30-2)22(18-19)31(28,29)26-14-7-5-6-8-15-26/h9-10,18,20H,3-8,11-17H2,1-2H3,(H,24,27). The maximum atomic E-state index is 13.3. The minimum absolute atomic E-state index is 0.0823. The van der Waals surface area contributed by atoms with E-state index in [0.717, 1.165) is 58.2 Å². The molecule has 0 bridgehead atoms. The molecule has 174 valence electrons. The molecule has 0 unspecified atom stereocenters. The molecule has 1 amide bonds. The van der Waals surface area contributed by atoms with Gasteiger partial charge in [-0.3, -0.25) is 4.79 Å². The fourth-order valence-corrected chi connectivity index (χ4v) is 6.09. The van der Waals surface area contributed by atoms with E-state index in [1.165, 1.54) is 30.3 Å². The van der Waals surface area contributed by atoms with E-state index in [1.54, 1.807) is 12.1 Å². The third kappa shape index (κ3) is 6.20. The lowest BCUT2D eigenvalue weighted by atomic mass is 10.0. The molecule has 7 nitrogen and oxygen atoms in total. The smallest absolute Gasteiger partial charge is 0.251 e. The second-order valence-electron chi connectivity index (χ2n) is 8.63. The summed E-state index contributed by atoms with van der Waals surface area (Å²) >= 11 is 0. The van der Waals surface area contributed by atoms with E-state index in [9.17, 15) is 13.2 Å². The van der Waals surface area contributed by atoms with Gasteiger partial charge in [-0.25, -0.2) is 8.42 Å². The van der Waals surface area contributed by atoms with Crippen molar-refractivity contribution in [1.29, 1.82) is 0 Å². The molecule has 3 rings (SSSR count). The average molecular weight is 452 g/mol. The largest absolute Gasteiger partial charge is 0.495 e. The molecular formula is C23H37N3O4S. The highest BCUT2D eigenvalue weighted by Gasteiger charge is 2.29. The van der Waals surface area contributed by atoms with Crippen LogP contribution in [0.15, 0.2) is 23.1 Å². The van der Waals surface area contributed by atoms with E-state index in [1.807, 2.05) is 0 Å². The first-order valence-electron chi connectivity index (χ1n) is 11.7. The lowest BCUT2D eigenvalue weighted by molar-refractivity contribution is 0.0910. The van der Waals surface area contributed by atoms with Gasteiger partial charge in [-0.1, -0.05) is 26.2 Å². The van der Waals surface area contributed by atoms with Crippen molar-refractivity contribution in [2.45, 2.75) is 69.2 Å². The third-order valence-electron chi connectivity index (χ3n) is 6.36. The molecule has 2 aliphatic rings. The van der Waals surface area contributed by atoms with E-state index < -0.39 is 10.0 Å². The maximum Gasteiger partial charge on any atom is 0.251 e. The van der Waals surface area contributed by atoms with Crippen LogP contribution < -0.4 is 10.1 Å². The molecule has 1 aromatic carbocycles. The number of benzene rings is 1. The molecule has 0 saturated carbocycles. The predicted molar refractivity (Wildman–Crippen MR) is 122 cm³/mol. The second kappa shape index (κ2) is 11.3. The number of piperidine rings is 1. The Morgan fingerprint density at radius 2 is 1.77 bits per heavy atom. The molecule has 0 spiro atoms. The molecular weight excluding hydrogens is 414 g/mol. The number of methoxy groups -OCH3 is 1. The molecule has 0 aromatic heterocycles. The van der Waals surface area contributed by atoms with Crippen molar-refractivity contribution in [3.63, 3.8) is 0 Å². The SMILES string of the molecule is CCCCN1CCC(NC(=O)c2ccc(OC)c(S(=O)(=O)N3CCCCCC3)c2)CC1. The zero-order valence-corrected chi connectivity index (χ0v) is 19.8. The first kappa shape index (κ1) is 24.0. The van der Waals surface area contributed by atoms with E-state index in [2.05, 4.69) is 17.1 Å². The Labute approximate surface area is 187 Å². The van der Waals surface area contributed by atoms with Gasteiger partial charge in [0.05, 0.1) is 7.11 Å². The number of carbonyl (C=O) groups is 1. The highest BCUT2D eigenvalue weighted by Crippen LogP contribution is 2.29. The summed E-state index contributed by atoms with van der Waals surface area (Å²) in [6, 6.07) is 4.84. The van der Waals surface area contributed by atoms with Crippen molar-refractivity contribution < 1.29 is 17.9 Å². The second-order valence-corrected chi connectivity index (χ2v) is 10.5. The minimum atomic E-state index is -3.71. The van der Waals surface area contributed by atoms with Crippen LogP contribution in [-0.4, -0.2) is 69.4 Å². The van der Waals surface area contributed by atoms with Gasteiger partial charge in [-0.15, -0.1) is 0 Å². The highest BCUT2D eigenvalue weighted by molar-refractivity contribution is 7.89. The summed E-state index contributed by atoms with van der Waals surface area (Å²) in [7, 11) is -2.25. The summed E-state index contributed by atoms with van der Waals surface area (Å²) in [5.74, 6) is 0.0620. The Kier molecular flexibility index (Phi) is 8.75. The monoisotopic (exact) mass is 451 g/mol. The van der Waals surface area contributed by atoms with Crippen LogP contribution in [0, 0.1) is 0 Å². The van der Waals surface area contributed by atoms with Crippen molar-refractivity contribution in [2.24, 2.45) is 0 Å². The van der Waals surface area contributed by atoms with E-state index in [0.29, 0.717) is 18.7 Å². The molecule has 0 radical (unpaired) electrons. The fourth-order valence-electron chi connectivity index (χ4n) is 4.39. The van der Waals surface area contributed by atoms with Crippen LogP contribution in [0.25, 0.3) is 0 Å². The Balaban J connectivity index is 1.70. The van der Waals surface area contributed by atoms with Gasteiger partial charge in [0.15, 0.2) is 0 Å². The van der Waals surface area contributed by atoms with Crippen molar-refractivity contribution in [3.8, 4) is 5.75 Å². The summed E-state index contributed by atoms with van der Waals surface area (Å²) in [6.07, 6.45) is 8.05. The molecule has 0 aliphatic carbocycles. The Morgan fingerprint density at radius 3 is 2.39 bits per heavy atom. The molecule has 1 aromatic rings. The lowest BCUT2D eigenvalue weighted by Crippen LogP contribution is -2.44. The van der Waals surface area contributed by atoms with Crippen LogP contribution in [0.5, 0.6) is 5.75 Å². The molecule has 0 atom stereocenters. The zero-order valence-electron chi connectivity index (χ0n) is 18.9. The summed E-state index contributed by atoms with van der Waals surface area (Å²) in [6.45, 7) is 6.32. The van der Waals surface area contributed by atoms with E-state index in [4.69, 9.17) is 4.74 Å². The summed E-state index contributed by atoms with van der Waals surface area (Å²) in [5, 5.41) is 3.10. The topological polar surface area (TPSA) is 79.0 Å². The molecule has 2 heterocycles. The molecule has 31 heavy (non-hydrogen) atoms. The van der Waals surface area contributed by atoms with Gasteiger partial charge in [0, 0.05) is 37.8 Å². The van der Waals surface area contributed by atoms with Crippen molar-refractivity contribution in [3.05, 3.63) is 23.8 Å². The van der Waals surface area contributed by atoms with Crippen molar-refractivity contribution in [2.75, 3.05) is 39.8 Å². The van der Waals surface area contributed by atoms with Gasteiger partial charge in [0.1, 0.15) is 10.6 Å². The Hall–Kier alpha value is -1.64. The Morgan fingerprint density at radius 1 is 1.10 bits per heavy atom. The van der Waals surface area contributed by atoms with Gasteiger partial charge in [0.2, 0.25) is 10.0 Å². The molecule has 2 aliphatic heterocycles. The summed E-state index contributed by atoms with van der Waals surface area (Å²) in [5.41, 5.74) is 0.364. The first-order valence-corrected chi connectivity index (χ1v) is 13.1. The van der Waals surface area contributed by atoms with Crippen molar-refractivity contribution >= 4 is 15.9 Å². The number of carbonyl (C=O) groups excluding carboxylic acids is 1. The molecule has 1 N–H and O–H groups in total. The van der Waals surface area contributed by atoms with Gasteiger partial charge in [-0.2, -0.15) is 4.31 Å². The van der Waals surface area contributed by atoms with Crippen molar-refractivity contribution in [1.82, 2.24) is 14.5 Å². The van der Waals surface area contributed by atoms with Crippen LogP contribution >= 0.6 is 0 Å². The molecule has 2 saturated heterocycles. The quantitative estimate of drug-likeness (QED) is 0.656. The highest BCUT2D eigenvalue weighted by atomic mass is 32.2. The number of nitrogens with one attached hydrogen (secondary N) is 1. The summed E-state index contributed by atoms with van der Waals surface area (Å²) in [4.78, 5) is 15.4. The van der Waals surface area contributed by atoms with Gasteiger partial charge in [0.25, 0.3) is 5.91 Å². The number of sulfonamides is 1. The van der Waals surface area contributed by atoms with Crippen LogP contribution in [0.2, 0.25) is 0 Å². The third-order valence-corrected chi connectivity index (χ3v) is 8.28. The lowest BCUT2D eigenvalue weighted by Gasteiger charge is -2.32. The van der Waals surface area contributed by atoms with E-state index >= 15 is 0 Å². The predicted octanol–water partition coefficient (Wildman–Crippen LogP) is 3.25. The number of hydrogen-bond donors (Lipinski definition) is 1. The number of amides is 1. The van der Waals surface area contributed by atoms with Gasteiger partial charge < -0.3 is 15.0 Å². The number of rotatable bonds is 8.